The van der Waals surface area contributed by atoms with Crippen LogP contribution in [0.2, 0.25) is 0 Å². The molecule has 5 nitrogen and oxygen atoms in total. The standard InChI is InChI=1S/C16H20N4O/c1-12-9-14(16(17)19-21)3-4-15(12)11-20(2)10-13-5-7-18-8-6-13/h3-9,21H,10-11H2,1-2H3,(H2,17,19). The first kappa shape index (κ1) is 15.0. The van der Waals surface area contributed by atoms with Crippen LogP contribution in [-0.2, 0) is 13.1 Å². The van der Waals surface area contributed by atoms with Gasteiger partial charge < -0.3 is 10.9 Å². The van der Waals surface area contributed by atoms with Crippen LogP contribution in [0.4, 0.5) is 0 Å². The van der Waals surface area contributed by atoms with E-state index >= 15 is 0 Å². The molecule has 2 aromatic rings. The molecule has 0 aliphatic heterocycles. The molecule has 0 fully saturated rings. The lowest BCUT2D eigenvalue weighted by molar-refractivity contribution is 0.318. The molecular weight excluding hydrogens is 264 g/mol. The number of nitrogens with zero attached hydrogens (tertiary/aromatic N) is 3. The summed E-state index contributed by atoms with van der Waals surface area (Å²) in [5.74, 6) is 0.134. The number of pyridine rings is 1. The van der Waals surface area contributed by atoms with Gasteiger partial charge in [-0.1, -0.05) is 17.3 Å². The average Bonchev–Trinajstić information content (AvgIpc) is 2.49. The number of oxime groups is 1. The minimum Gasteiger partial charge on any atom is -0.409 e. The van der Waals surface area contributed by atoms with E-state index in [0.29, 0.717) is 0 Å². The molecule has 110 valence electrons. The fraction of sp³-hybridized carbons (Fsp3) is 0.250. The Bertz CT molecular complexity index is 625. The number of aromatic nitrogens is 1. The zero-order chi connectivity index (χ0) is 15.2. The number of hydrogen-bond acceptors (Lipinski definition) is 4. The quantitative estimate of drug-likeness (QED) is 0.382. The highest BCUT2D eigenvalue weighted by Crippen LogP contribution is 2.14. The normalized spacial score (nSPS) is 11.9. The number of rotatable bonds is 5. The Labute approximate surface area is 124 Å². The summed E-state index contributed by atoms with van der Waals surface area (Å²) in [6.45, 7) is 3.73. The zero-order valence-electron chi connectivity index (χ0n) is 12.3. The maximum Gasteiger partial charge on any atom is 0.170 e. The SMILES string of the molecule is Cc1cc(/C(N)=N/O)ccc1CN(C)Cc1ccncc1. The summed E-state index contributed by atoms with van der Waals surface area (Å²) in [6, 6.07) is 9.86. The van der Waals surface area contributed by atoms with Gasteiger partial charge in [0, 0.05) is 31.0 Å². The summed E-state index contributed by atoms with van der Waals surface area (Å²) in [7, 11) is 2.08. The third-order valence-corrected chi connectivity index (χ3v) is 3.39. The van der Waals surface area contributed by atoms with Crippen molar-refractivity contribution >= 4 is 5.84 Å². The van der Waals surface area contributed by atoms with Crippen LogP contribution in [0, 0.1) is 6.92 Å². The lowest BCUT2D eigenvalue weighted by Crippen LogP contribution is -2.18. The van der Waals surface area contributed by atoms with Crippen molar-refractivity contribution in [2.24, 2.45) is 10.9 Å². The Morgan fingerprint density at radius 1 is 1.24 bits per heavy atom. The van der Waals surface area contributed by atoms with E-state index in [2.05, 4.69) is 22.1 Å². The summed E-state index contributed by atoms with van der Waals surface area (Å²) in [5.41, 5.74) is 9.92. The minimum absolute atomic E-state index is 0.134. The van der Waals surface area contributed by atoms with E-state index in [1.54, 1.807) is 12.4 Å². The average molecular weight is 284 g/mol. The molecule has 0 unspecified atom stereocenters. The second kappa shape index (κ2) is 6.85. The van der Waals surface area contributed by atoms with E-state index in [1.807, 2.05) is 37.3 Å². The van der Waals surface area contributed by atoms with Gasteiger partial charge in [0.1, 0.15) is 0 Å². The molecule has 0 aliphatic carbocycles. The molecular formula is C16H20N4O. The Kier molecular flexibility index (Phi) is 4.90. The molecule has 1 heterocycles. The molecule has 1 aromatic carbocycles. The molecule has 0 amide bonds. The van der Waals surface area contributed by atoms with Gasteiger partial charge in [-0.05, 0) is 48.9 Å². The summed E-state index contributed by atoms with van der Waals surface area (Å²) >= 11 is 0. The van der Waals surface area contributed by atoms with Crippen LogP contribution in [0.1, 0.15) is 22.3 Å². The fourth-order valence-corrected chi connectivity index (χ4v) is 2.24. The zero-order valence-corrected chi connectivity index (χ0v) is 12.3. The topological polar surface area (TPSA) is 74.7 Å². The highest BCUT2D eigenvalue weighted by atomic mass is 16.4. The van der Waals surface area contributed by atoms with Gasteiger partial charge in [0.05, 0.1) is 0 Å². The minimum atomic E-state index is 0.134. The van der Waals surface area contributed by atoms with Gasteiger partial charge in [0.2, 0.25) is 0 Å². The highest BCUT2D eigenvalue weighted by Gasteiger charge is 2.07. The Morgan fingerprint density at radius 3 is 2.57 bits per heavy atom. The molecule has 0 bridgehead atoms. The summed E-state index contributed by atoms with van der Waals surface area (Å²) in [4.78, 5) is 6.26. The second-order valence-corrected chi connectivity index (χ2v) is 5.15. The van der Waals surface area contributed by atoms with Gasteiger partial charge in [-0.3, -0.25) is 9.88 Å². The Balaban J connectivity index is 2.06. The van der Waals surface area contributed by atoms with E-state index in [0.717, 1.165) is 24.2 Å². The third-order valence-electron chi connectivity index (χ3n) is 3.39. The van der Waals surface area contributed by atoms with Crippen LogP contribution in [0.15, 0.2) is 47.9 Å². The van der Waals surface area contributed by atoms with Crippen LogP contribution in [0.5, 0.6) is 0 Å². The molecule has 2 rings (SSSR count). The lowest BCUT2D eigenvalue weighted by Gasteiger charge is -2.18. The summed E-state index contributed by atoms with van der Waals surface area (Å²) in [6.07, 6.45) is 3.61. The van der Waals surface area contributed by atoms with E-state index in [1.165, 1.54) is 11.1 Å². The van der Waals surface area contributed by atoms with E-state index < -0.39 is 0 Å². The number of amidine groups is 1. The molecule has 21 heavy (non-hydrogen) atoms. The highest BCUT2D eigenvalue weighted by molar-refractivity contribution is 5.97. The molecule has 1 aromatic heterocycles. The summed E-state index contributed by atoms with van der Waals surface area (Å²) < 4.78 is 0. The molecule has 0 aliphatic rings. The lowest BCUT2D eigenvalue weighted by atomic mass is 10.0. The Hall–Kier alpha value is -2.40. The monoisotopic (exact) mass is 284 g/mol. The first-order valence-electron chi connectivity index (χ1n) is 6.75. The molecule has 0 radical (unpaired) electrons. The second-order valence-electron chi connectivity index (χ2n) is 5.15. The molecule has 0 atom stereocenters. The van der Waals surface area contributed by atoms with Crippen LogP contribution in [0.3, 0.4) is 0 Å². The molecule has 0 saturated heterocycles. The predicted octanol–water partition coefficient (Wildman–Crippen LogP) is 2.12. The number of aryl methyl sites for hydroxylation is 1. The van der Waals surface area contributed by atoms with Gasteiger partial charge in [0.15, 0.2) is 5.84 Å². The van der Waals surface area contributed by atoms with Crippen LogP contribution in [0.25, 0.3) is 0 Å². The van der Waals surface area contributed by atoms with Crippen molar-refractivity contribution in [2.45, 2.75) is 20.0 Å². The van der Waals surface area contributed by atoms with Gasteiger partial charge in [-0.2, -0.15) is 0 Å². The van der Waals surface area contributed by atoms with Crippen molar-refractivity contribution in [1.82, 2.24) is 9.88 Å². The van der Waals surface area contributed by atoms with Crippen molar-refractivity contribution in [1.29, 1.82) is 0 Å². The van der Waals surface area contributed by atoms with Crippen LogP contribution in [-0.4, -0.2) is 28.0 Å². The van der Waals surface area contributed by atoms with Gasteiger partial charge in [0.25, 0.3) is 0 Å². The first-order chi connectivity index (χ1) is 10.1. The van der Waals surface area contributed by atoms with Gasteiger partial charge >= 0.3 is 0 Å². The van der Waals surface area contributed by atoms with E-state index in [9.17, 15) is 0 Å². The van der Waals surface area contributed by atoms with Crippen molar-refractivity contribution in [3.63, 3.8) is 0 Å². The number of benzene rings is 1. The fourth-order valence-electron chi connectivity index (χ4n) is 2.24. The maximum atomic E-state index is 8.71. The third kappa shape index (κ3) is 4.03. The predicted molar refractivity (Wildman–Crippen MR) is 83.1 cm³/mol. The molecule has 0 saturated carbocycles. The number of nitrogens with two attached hydrogens (primary N) is 1. The largest absolute Gasteiger partial charge is 0.409 e. The van der Waals surface area contributed by atoms with Gasteiger partial charge in [-0.15, -0.1) is 0 Å². The van der Waals surface area contributed by atoms with Crippen LogP contribution < -0.4 is 5.73 Å². The number of hydrogen-bond donors (Lipinski definition) is 2. The van der Waals surface area contributed by atoms with Gasteiger partial charge in [-0.25, -0.2) is 0 Å². The van der Waals surface area contributed by atoms with Crippen molar-refractivity contribution in [3.05, 3.63) is 65.0 Å². The molecule has 5 heteroatoms. The molecule has 0 spiro atoms. The smallest absolute Gasteiger partial charge is 0.170 e. The Morgan fingerprint density at radius 2 is 1.95 bits per heavy atom. The van der Waals surface area contributed by atoms with Crippen molar-refractivity contribution < 1.29 is 5.21 Å². The van der Waals surface area contributed by atoms with E-state index in [4.69, 9.17) is 10.9 Å². The van der Waals surface area contributed by atoms with E-state index in [-0.39, 0.29) is 5.84 Å². The molecule has 3 N–H and O–H groups in total. The van der Waals surface area contributed by atoms with Crippen molar-refractivity contribution in [2.75, 3.05) is 7.05 Å². The van der Waals surface area contributed by atoms with Crippen LogP contribution >= 0.6 is 0 Å². The first-order valence-corrected chi connectivity index (χ1v) is 6.75. The summed E-state index contributed by atoms with van der Waals surface area (Å²) in [5, 5.41) is 11.7. The maximum absolute atomic E-state index is 8.71. The van der Waals surface area contributed by atoms with Crippen molar-refractivity contribution in [3.8, 4) is 0 Å².